The smallest absolute Gasteiger partial charge is 0.268 e. The number of fused-ring (bicyclic) bond motifs is 1. The highest BCUT2D eigenvalue weighted by molar-refractivity contribution is 6.02. The molecule has 1 heterocycles. The van der Waals surface area contributed by atoms with Gasteiger partial charge in [-0.3, -0.25) is 9.69 Å². The van der Waals surface area contributed by atoms with E-state index in [4.69, 9.17) is 4.74 Å². The molecule has 90 valence electrons. The standard InChI is InChI=1S/C13H15NO3/c1-9(2)12-13(16)14(7-8-15)10-5-3-4-6-11(10)17-12/h3-6,8-9,12H,7H2,1-2H3. The number of ether oxygens (including phenoxy) is 1. The number of aldehydes is 1. The van der Waals surface area contributed by atoms with Crippen molar-refractivity contribution < 1.29 is 14.3 Å². The Morgan fingerprint density at radius 3 is 2.76 bits per heavy atom. The molecule has 0 bridgehead atoms. The third-order valence-corrected chi connectivity index (χ3v) is 2.78. The number of hydrogen-bond acceptors (Lipinski definition) is 3. The van der Waals surface area contributed by atoms with Gasteiger partial charge < -0.3 is 9.53 Å². The second-order valence-electron chi connectivity index (χ2n) is 4.37. The first-order chi connectivity index (χ1) is 8.15. The van der Waals surface area contributed by atoms with Crippen LogP contribution in [-0.2, 0) is 9.59 Å². The monoisotopic (exact) mass is 233 g/mol. The summed E-state index contributed by atoms with van der Waals surface area (Å²) >= 11 is 0. The lowest BCUT2D eigenvalue weighted by molar-refractivity contribution is -0.128. The van der Waals surface area contributed by atoms with Crippen LogP contribution < -0.4 is 9.64 Å². The van der Waals surface area contributed by atoms with Gasteiger partial charge in [0.15, 0.2) is 6.10 Å². The van der Waals surface area contributed by atoms with E-state index in [1.807, 2.05) is 32.0 Å². The van der Waals surface area contributed by atoms with E-state index in [1.165, 1.54) is 4.90 Å². The Balaban J connectivity index is 2.42. The Labute approximate surface area is 100 Å². The van der Waals surface area contributed by atoms with Gasteiger partial charge in [-0.05, 0) is 18.1 Å². The maximum absolute atomic E-state index is 12.2. The Hall–Kier alpha value is -1.84. The van der Waals surface area contributed by atoms with Gasteiger partial charge >= 0.3 is 0 Å². The number of para-hydroxylation sites is 2. The zero-order valence-electron chi connectivity index (χ0n) is 9.92. The molecule has 0 saturated carbocycles. The van der Waals surface area contributed by atoms with Crippen molar-refractivity contribution in [2.75, 3.05) is 11.4 Å². The highest BCUT2D eigenvalue weighted by Crippen LogP contribution is 2.34. The molecule has 17 heavy (non-hydrogen) atoms. The van der Waals surface area contributed by atoms with Crippen molar-refractivity contribution in [1.82, 2.24) is 0 Å². The van der Waals surface area contributed by atoms with Crippen LogP contribution in [0.1, 0.15) is 13.8 Å². The summed E-state index contributed by atoms with van der Waals surface area (Å²) in [6.45, 7) is 3.92. The van der Waals surface area contributed by atoms with Crippen LogP contribution in [0.2, 0.25) is 0 Å². The molecule has 2 rings (SSSR count). The number of carbonyl (C=O) groups excluding carboxylic acids is 2. The summed E-state index contributed by atoms with van der Waals surface area (Å²) in [5.74, 6) is 0.587. The number of carbonyl (C=O) groups is 2. The molecule has 0 N–H and O–H groups in total. The van der Waals surface area contributed by atoms with Crippen LogP contribution in [0.25, 0.3) is 0 Å². The van der Waals surface area contributed by atoms with E-state index < -0.39 is 6.10 Å². The van der Waals surface area contributed by atoms with Crippen molar-refractivity contribution in [3.8, 4) is 5.75 Å². The average Bonchev–Trinajstić information content (AvgIpc) is 2.32. The molecule has 1 unspecified atom stereocenters. The first kappa shape index (κ1) is 11.6. The lowest BCUT2D eigenvalue weighted by atomic mass is 10.0. The highest BCUT2D eigenvalue weighted by atomic mass is 16.5. The Morgan fingerprint density at radius 1 is 1.41 bits per heavy atom. The lowest BCUT2D eigenvalue weighted by Crippen LogP contribution is -2.48. The van der Waals surface area contributed by atoms with Crippen LogP contribution in [0.4, 0.5) is 5.69 Å². The molecule has 4 nitrogen and oxygen atoms in total. The molecule has 1 aliphatic heterocycles. The molecule has 4 heteroatoms. The van der Waals surface area contributed by atoms with Gasteiger partial charge in [-0.25, -0.2) is 0 Å². The van der Waals surface area contributed by atoms with Crippen LogP contribution in [0.15, 0.2) is 24.3 Å². The first-order valence-corrected chi connectivity index (χ1v) is 5.66. The molecule has 0 fully saturated rings. The number of amides is 1. The molecular weight excluding hydrogens is 218 g/mol. The molecule has 1 atom stereocenters. The third-order valence-electron chi connectivity index (χ3n) is 2.78. The first-order valence-electron chi connectivity index (χ1n) is 5.66. The normalized spacial score (nSPS) is 18.9. The summed E-state index contributed by atoms with van der Waals surface area (Å²) in [6.07, 6.45) is 0.224. The summed E-state index contributed by atoms with van der Waals surface area (Å²) in [5, 5.41) is 0. The van der Waals surface area contributed by atoms with Crippen LogP contribution in [0.3, 0.4) is 0 Å². The summed E-state index contributed by atoms with van der Waals surface area (Å²) in [5.41, 5.74) is 0.668. The van der Waals surface area contributed by atoms with E-state index >= 15 is 0 Å². The second kappa shape index (κ2) is 4.57. The van der Waals surface area contributed by atoms with E-state index in [0.717, 1.165) is 6.29 Å². The minimum Gasteiger partial charge on any atom is -0.478 e. The number of benzene rings is 1. The maximum atomic E-state index is 12.2. The van der Waals surface area contributed by atoms with Crippen molar-refractivity contribution in [1.29, 1.82) is 0 Å². The van der Waals surface area contributed by atoms with Crippen molar-refractivity contribution in [3.63, 3.8) is 0 Å². The fourth-order valence-corrected chi connectivity index (χ4v) is 1.92. The number of hydrogen-bond donors (Lipinski definition) is 0. The predicted molar refractivity (Wildman–Crippen MR) is 64.1 cm³/mol. The highest BCUT2D eigenvalue weighted by Gasteiger charge is 2.35. The van der Waals surface area contributed by atoms with Gasteiger partial charge in [0.25, 0.3) is 5.91 Å². The van der Waals surface area contributed by atoms with Crippen molar-refractivity contribution in [3.05, 3.63) is 24.3 Å². The largest absolute Gasteiger partial charge is 0.478 e. The Morgan fingerprint density at radius 2 is 2.12 bits per heavy atom. The third kappa shape index (κ3) is 2.02. The van der Waals surface area contributed by atoms with Gasteiger partial charge in [-0.2, -0.15) is 0 Å². The van der Waals surface area contributed by atoms with Crippen LogP contribution in [0.5, 0.6) is 5.75 Å². The van der Waals surface area contributed by atoms with Crippen molar-refractivity contribution in [2.45, 2.75) is 20.0 Å². The molecule has 1 aliphatic rings. The molecule has 1 amide bonds. The molecule has 1 aromatic carbocycles. The van der Waals surface area contributed by atoms with Crippen LogP contribution in [0, 0.1) is 5.92 Å². The van der Waals surface area contributed by atoms with Gasteiger partial charge in [-0.1, -0.05) is 26.0 Å². The van der Waals surface area contributed by atoms with E-state index in [1.54, 1.807) is 6.07 Å². The summed E-state index contributed by atoms with van der Waals surface area (Å²) in [6, 6.07) is 7.27. The minimum atomic E-state index is -0.509. The number of nitrogens with zero attached hydrogens (tertiary/aromatic N) is 1. The van der Waals surface area contributed by atoms with Gasteiger partial charge in [0.1, 0.15) is 12.0 Å². The second-order valence-corrected chi connectivity index (χ2v) is 4.37. The molecule has 0 spiro atoms. The van der Waals surface area contributed by atoms with Crippen molar-refractivity contribution in [2.24, 2.45) is 5.92 Å². The molecule has 0 saturated heterocycles. The Kier molecular flexibility index (Phi) is 3.13. The molecule has 0 radical (unpaired) electrons. The average molecular weight is 233 g/mol. The van der Waals surface area contributed by atoms with Gasteiger partial charge in [-0.15, -0.1) is 0 Å². The molecule has 0 aliphatic carbocycles. The van der Waals surface area contributed by atoms with Crippen LogP contribution in [-0.4, -0.2) is 24.8 Å². The predicted octanol–water partition coefficient (Wildman–Crippen LogP) is 1.64. The fraction of sp³-hybridized carbons (Fsp3) is 0.385. The van der Waals surface area contributed by atoms with E-state index in [-0.39, 0.29) is 18.4 Å². The topological polar surface area (TPSA) is 46.6 Å². The fourth-order valence-electron chi connectivity index (χ4n) is 1.92. The minimum absolute atomic E-state index is 0.0719. The zero-order chi connectivity index (χ0) is 12.4. The number of rotatable bonds is 3. The van der Waals surface area contributed by atoms with Gasteiger partial charge in [0.2, 0.25) is 0 Å². The van der Waals surface area contributed by atoms with Crippen molar-refractivity contribution >= 4 is 17.9 Å². The molecular formula is C13H15NO3. The molecule has 1 aromatic rings. The SMILES string of the molecule is CC(C)C1Oc2ccccc2N(CC=O)C1=O. The van der Waals surface area contributed by atoms with E-state index in [9.17, 15) is 9.59 Å². The van der Waals surface area contributed by atoms with Crippen LogP contribution >= 0.6 is 0 Å². The lowest BCUT2D eigenvalue weighted by Gasteiger charge is -2.34. The van der Waals surface area contributed by atoms with E-state index in [2.05, 4.69) is 0 Å². The number of anilines is 1. The summed E-state index contributed by atoms with van der Waals surface area (Å²) < 4.78 is 5.68. The Bertz CT molecular complexity index is 442. The summed E-state index contributed by atoms with van der Waals surface area (Å²) in [4.78, 5) is 24.3. The van der Waals surface area contributed by atoms with Gasteiger partial charge in [0.05, 0.1) is 12.2 Å². The zero-order valence-corrected chi connectivity index (χ0v) is 9.92. The van der Waals surface area contributed by atoms with Gasteiger partial charge in [0, 0.05) is 0 Å². The quantitative estimate of drug-likeness (QED) is 0.745. The van der Waals surface area contributed by atoms with E-state index in [0.29, 0.717) is 11.4 Å². The summed E-state index contributed by atoms with van der Waals surface area (Å²) in [7, 11) is 0. The molecule has 0 aromatic heterocycles. The maximum Gasteiger partial charge on any atom is 0.268 e.